The topological polar surface area (TPSA) is 141 Å². The number of rotatable bonds is 11. The summed E-state index contributed by atoms with van der Waals surface area (Å²) < 4.78 is 51.6. The zero-order valence-electron chi connectivity index (χ0n) is 27.2. The molecule has 1 saturated carbocycles. The average molecular weight is 670 g/mol. The van der Waals surface area contributed by atoms with Crippen molar-refractivity contribution in [2.45, 2.75) is 82.7 Å². The molecule has 0 unspecified atom stereocenters. The number of hydrogen-bond acceptors (Lipinski definition) is 6. The molecule has 258 valence electrons. The number of ether oxygens (including phenoxy) is 1. The van der Waals surface area contributed by atoms with Gasteiger partial charge in [-0.25, -0.2) is 4.39 Å². The van der Waals surface area contributed by atoms with Crippen LogP contribution in [0.25, 0.3) is 0 Å². The third-order valence-electron chi connectivity index (χ3n) is 9.08. The molecule has 0 radical (unpaired) electrons. The maximum atomic E-state index is 15.6. The smallest absolute Gasteiger partial charge is 0.349 e. The molecule has 0 spiro atoms. The van der Waals surface area contributed by atoms with Gasteiger partial charge in [-0.3, -0.25) is 19.2 Å². The highest BCUT2D eigenvalue weighted by atomic mass is 19.3. The van der Waals surface area contributed by atoms with Crippen molar-refractivity contribution in [3.63, 3.8) is 0 Å². The fourth-order valence-electron chi connectivity index (χ4n) is 6.16. The van der Waals surface area contributed by atoms with E-state index in [2.05, 4.69) is 16.0 Å². The molecule has 48 heavy (non-hydrogen) atoms. The number of carbonyl (C=O) groups excluding carboxylic acids is 4. The largest absolute Gasteiger partial charge is 0.378 e. The van der Waals surface area contributed by atoms with E-state index < -0.39 is 53.0 Å². The fraction of sp³-hybridized carbons (Fsp3) is 0.514. The SMILES string of the molecule is CCC(=O)N[C@@H](C(=O)N1CCOCC1)[C@@H](C)c1ccc(NC(=O)[C@@H](NC(=O)C(F)(F)c2cccc(C#N)c2)C2CCCCCC2)c(F)c1. The number of morpholine rings is 1. The summed E-state index contributed by atoms with van der Waals surface area (Å²) in [4.78, 5) is 54.0. The van der Waals surface area contributed by atoms with Gasteiger partial charge in [0.15, 0.2) is 0 Å². The summed E-state index contributed by atoms with van der Waals surface area (Å²) in [5.74, 6) is -9.18. The van der Waals surface area contributed by atoms with E-state index in [1.807, 2.05) is 0 Å². The van der Waals surface area contributed by atoms with Gasteiger partial charge in [0, 0.05) is 31.0 Å². The molecule has 2 aromatic carbocycles. The highest BCUT2D eigenvalue weighted by molar-refractivity contribution is 5.98. The van der Waals surface area contributed by atoms with Gasteiger partial charge in [0.2, 0.25) is 17.7 Å². The molecule has 0 bridgehead atoms. The van der Waals surface area contributed by atoms with E-state index in [1.54, 1.807) is 24.8 Å². The summed E-state index contributed by atoms with van der Waals surface area (Å²) in [5, 5.41) is 16.6. The lowest BCUT2D eigenvalue weighted by molar-refractivity contribution is -0.149. The molecule has 2 aromatic rings. The Bertz CT molecular complexity index is 1520. The molecule has 4 rings (SSSR count). The number of nitrogens with one attached hydrogen (secondary N) is 3. The normalized spacial score (nSPS) is 17.6. The van der Waals surface area contributed by atoms with Crippen LogP contribution >= 0.6 is 0 Å². The zero-order valence-corrected chi connectivity index (χ0v) is 27.2. The van der Waals surface area contributed by atoms with Crippen molar-refractivity contribution < 1.29 is 37.1 Å². The van der Waals surface area contributed by atoms with E-state index in [0.717, 1.165) is 43.9 Å². The van der Waals surface area contributed by atoms with Crippen molar-refractivity contribution >= 4 is 29.3 Å². The lowest BCUT2D eigenvalue weighted by Gasteiger charge is -2.33. The number of halogens is 3. The van der Waals surface area contributed by atoms with Gasteiger partial charge < -0.3 is 25.6 Å². The molecule has 10 nitrogen and oxygen atoms in total. The number of nitriles is 1. The Hall–Kier alpha value is -4.44. The van der Waals surface area contributed by atoms with Gasteiger partial charge in [0.1, 0.15) is 17.9 Å². The van der Waals surface area contributed by atoms with E-state index in [-0.39, 0.29) is 29.5 Å². The molecular weight excluding hydrogens is 627 g/mol. The number of amides is 4. The van der Waals surface area contributed by atoms with Crippen molar-refractivity contribution in [3.05, 3.63) is 65.0 Å². The Morgan fingerprint density at radius 1 is 1.02 bits per heavy atom. The van der Waals surface area contributed by atoms with E-state index in [0.29, 0.717) is 44.7 Å². The number of carbonyl (C=O) groups is 4. The van der Waals surface area contributed by atoms with Crippen LogP contribution in [0.3, 0.4) is 0 Å². The van der Waals surface area contributed by atoms with Crippen molar-refractivity contribution in [1.82, 2.24) is 15.5 Å². The Morgan fingerprint density at radius 2 is 1.71 bits per heavy atom. The summed E-state index contributed by atoms with van der Waals surface area (Å²) in [6.07, 6.45) is 4.45. The van der Waals surface area contributed by atoms with E-state index in [9.17, 15) is 19.2 Å². The molecule has 13 heteroatoms. The first kappa shape index (κ1) is 36.4. The summed E-state index contributed by atoms with van der Waals surface area (Å²) in [7, 11) is 0. The molecular formula is C35H42F3N5O5. The van der Waals surface area contributed by atoms with Crippen molar-refractivity contribution in [1.29, 1.82) is 5.26 Å². The van der Waals surface area contributed by atoms with Crippen LogP contribution in [0.1, 0.15) is 81.4 Å². The first-order valence-electron chi connectivity index (χ1n) is 16.4. The van der Waals surface area contributed by atoms with Gasteiger partial charge in [-0.2, -0.15) is 14.0 Å². The van der Waals surface area contributed by atoms with E-state index in [4.69, 9.17) is 10.00 Å². The van der Waals surface area contributed by atoms with Crippen LogP contribution in [-0.4, -0.2) is 66.9 Å². The van der Waals surface area contributed by atoms with Crippen LogP contribution in [-0.2, 0) is 29.8 Å². The minimum absolute atomic E-state index is 0.0456. The van der Waals surface area contributed by atoms with Crippen molar-refractivity contribution in [2.24, 2.45) is 5.92 Å². The second-order valence-electron chi connectivity index (χ2n) is 12.3. The zero-order chi connectivity index (χ0) is 34.8. The Labute approximate surface area is 278 Å². The van der Waals surface area contributed by atoms with Crippen LogP contribution in [0.2, 0.25) is 0 Å². The summed E-state index contributed by atoms with van der Waals surface area (Å²) in [6, 6.07) is 7.96. The lowest BCUT2D eigenvalue weighted by Crippen LogP contribution is -2.53. The number of nitrogens with zero attached hydrogens (tertiary/aromatic N) is 2. The Kier molecular flexibility index (Phi) is 12.6. The van der Waals surface area contributed by atoms with Crippen LogP contribution in [0.5, 0.6) is 0 Å². The van der Waals surface area contributed by atoms with Gasteiger partial charge in [-0.1, -0.05) is 57.7 Å². The predicted octanol–water partition coefficient (Wildman–Crippen LogP) is 4.74. The summed E-state index contributed by atoms with van der Waals surface area (Å²) in [6.45, 7) is 4.81. The maximum Gasteiger partial charge on any atom is 0.349 e. The van der Waals surface area contributed by atoms with Crippen LogP contribution < -0.4 is 16.0 Å². The number of alkyl halides is 2. The second kappa shape index (κ2) is 16.6. The minimum Gasteiger partial charge on any atom is -0.378 e. The third-order valence-corrected chi connectivity index (χ3v) is 9.08. The van der Waals surface area contributed by atoms with Crippen molar-refractivity contribution in [3.8, 4) is 6.07 Å². The molecule has 1 heterocycles. The summed E-state index contributed by atoms with van der Waals surface area (Å²) >= 11 is 0. The molecule has 3 atom stereocenters. The first-order valence-corrected chi connectivity index (χ1v) is 16.4. The summed E-state index contributed by atoms with van der Waals surface area (Å²) in [5.41, 5.74) is -0.571. The monoisotopic (exact) mass is 669 g/mol. The van der Waals surface area contributed by atoms with Crippen LogP contribution in [0.15, 0.2) is 42.5 Å². The average Bonchev–Trinajstić information content (AvgIpc) is 3.39. The second-order valence-corrected chi connectivity index (χ2v) is 12.3. The highest BCUT2D eigenvalue weighted by Crippen LogP contribution is 2.32. The first-order chi connectivity index (χ1) is 23.0. The molecule has 1 aliphatic heterocycles. The van der Waals surface area contributed by atoms with Crippen LogP contribution in [0, 0.1) is 23.1 Å². The molecule has 2 fully saturated rings. The Balaban J connectivity index is 1.55. The van der Waals surface area contributed by atoms with Gasteiger partial charge in [-0.05, 0) is 48.6 Å². The van der Waals surface area contributed by atoms with Gasteiger partial charge in [0.25, 0.3) is 5.91 Å². The Morgan fingerprint density at radius 3 is 2.33 bits per heavy atom. The molecule has 1 aliphatic carbocycles. The predicted molar refractivity (Wildman–Crippen MR) is 171 cm³/mol. The van der Waals surface area contributed by atoms with E-state index >= 15 is 13.2 Å². The van der Waals surface area contributed by atoms with Crippen LogP contribution in [0.4, 0.5) is 18.9 Å². The van der Waals surface area contributed by atoms with Gasteiger partial charge in [0.05, 0.1) is 30.5 Å². The number of benzene rings is 2. The van der Waals surface area contributed by atoms with E-state index in [1.165, 1.54) is 24.3 Å². The van der Waals surface area contributed by atoms with Crippen molar-refractivity contribution in [2.75, 3.05) is 31.6 Å². The standard InChI is InChI=1S/C35H42F3N5O5/c1-3-29(44)41-30(33(46)43-15-17-48-18-16-43)22(2)25-13-14-28(27(36)20-25)40-32(45)31(24-10-6-4-5-7-11-24)42-34(47)35(37,38)26-12-8-9-23(19-26)21-39/h8-9,12-14,19-20,22,24,30-31H,3-7,10-11,15-18H2,1-2H3,(H,40,45)(H,41,44)(H,42,47)/t22-,30+,31-/m0/s1. The fourth-order valence-corrected chi connectivity index (χ4v) is 6.16. The molecule has 3 N–H and O–H groups in total. The number of anilines is 1. The lowest BCUT2D eigenvalue weighted by atomic mass is 9.90. The number of hydrogen-bond donors (Lipinski definition) is 3. The molecule has 0 aromatic heterocycles. The third kappa shape index (κ3) is 8.92. The maximum absolute atomic E-state index is 15.6. The quantitative estimate of drug-likeness (QED) is 0.296. The molecule has 1 saturated heterocycles. The highest BCUT2D eigenvalue weighted by Gasteiger charge is 2.44. The molecule has 2 aliphatic rings. The molecule has 4 amide bonds. The van der Waals surface area contributed by atoms with Gasteiger partial charge in [-0.15, -0.1) is 0 Å². The minimum atomic E-state index is -4.04. The van der Waals surface area contributed by atoms with Gasteiger partial charge >= 0.3 is 5.92 Å².